The summed E-state index contributed by atoms with van der Waals surface area (Å²) >= 11 is 0. The van der Waals surface area contributed by atoms with Crippen molar-refractivity contribution in [2.45, 2.75) is 25.8 Å². The molecule has 3 rings (SSSR count). The van der Waals surface area contributed by atoms with Gasteiger partial charge in [-0.3, -0.25) is 9.69 Å². The van der Waals surface area contributed by atoms with Gasteiger partial charge in [-0.05, 0) is 56.3 Å². The van der Waals surface area contributed by atoms with E-state index < -0.39 is 0 Å². The van der Waals surface area contributed by atoms with E-state index in [1.54, 1.807) is 31.4 Å². The molecular formula is C22H28N4O3. The second-order valence-electron chi connectivity index (χ2n) is 7.09. The lowest BCUT2D eigenvalue weighted by Gasteiger charge is -2.29. The van der Waals surface area contributed by atoms with Gasteiger partial charge in [-0.25, -0.2) is 4.79 Å². The van der Waals surface area contributed by atoms with Crippen molar-refractivity contribution in [3.8, 4) is 5.75 Å². The van der Waals surface area contributed by atoms with Gasteiger partial charge in [-0.15, -0.1) is 0 Å². The van der Waals surface area contributed by atoms with Gasteiger partial charge < -0.3 is 20.7 Å². The van der Waals surface area contributed by atoms with E-state index in [9.17, 15) is 9.59 Å². The Morgan fingerprint density at radius 3 is 2.24 bits per heavy atom. The molecule has 0 aromatic heterocycles. The molecule has 1 aliphatic rings. The largest absolute Gasteiger partial charge is 0.496 e. The topological polar surface area (TPSA) is 82.7 Å². The molecule has 1 heterocycles. The molecule has 7 heteroatoms. The molecule has 1 atom stereocenters. The third-order valence-corrected chi connectivity index (χ3v) is 5.00. The number of carbonyl (C=O) groups is 2. The standard InChI is InChI=1S/C22H28N4O3/c1-16(27)24-17-9-11-18(12-10-17)25-22(28)23-15-20(26-13-5-6-14-26)19-7-3-4-8-21(19)29-2/h3-4,7-12,20H,5-6,13-15H2,1-2H3,(H,24,27)(H2,23,25,28). The van der Waals surface area contributed by atoms with Crippen molar-refractivity contribution >= 4 is 23.3 Å². The third-order valence-electron chi connectivity index (χ3n) is 5.00. The highest BCUT2D eigenvalue weighted by Crippen LogP contribution is 2.31. The average molecular weight is 396 g/mol. The zero-order chi connectivity index (χ0) is 20.6. The van der Waals surface area contributed by atoms with Gasteiger partial charge in [-0.1, -0.05) is 18.2 Å². The van der Waals surface area contributed by atoms with Crippen LogP contribution in [0.5, 0.6) is 5.75 Å². The summed E-state index contributed by atoms with van der Waals surface area (Å²) in [5, 5.41) is 8.52. The van der Waals surface area contributed by atoms with Crippen LogP contribution in [0.3, 0.4) is 0 Å². The number of para-hydroxylation sites is 1. The molecule has 0 radical (unpaired) electrons. The van der Waals surface area contributed by atoms with Gasteiger partial charge >= 0.3 is 6.03 Å². The first kappa shape index (κ1) is 20.7. The van der Waals surface area contributed by atoms with E-state index in [1.165, 1.54) is 19.8 Å². The van der Waals surface area contributed by atoms with Gasteiger partial charge in [0.15, 0.2) is 0 Å². The fraction of sp³-hybridized carbons (Fsp3) is 0.364. The molecule has 2 aromatic rings. The van der Waals surface area contributed by atoms with Crippen molar-refractivity contribution in [3.63, 3.8) is 0 Å². The van der Waals surface area contributed by atoms with E-state index in [-0.39, 0.29) is 18.0 Å². The number of amides is 3. The van der Waals surface area contributed by atoms with Crippen LogP contribution in [0.4, 0.5) is 16.2 Å². The molecule has 3 amide bonds. The Kier molecular flexibility index (Phi) is 7.08. The number of nitrogens with zero attached hydrogens (tertiary/aromatic N) is 1. The quantitative estimate of drug-likeness (QED) is 0.668. The fourth-order valence-electron chi connectivity index (χ4n) is 3.64. The molecule has 1 unspecified atom stereocenters. The van der Waals surface area contributed by atoms with Crippen molar-refractivity contribution in [1.29, 1.82) is 0 Å². The summed E-state index contributed by atoms with van der Waals surface area (Å²) in [6, 6.07) is 14.8. The van der Waals surface area contributed by atoms with Crippen LogP contribution in [0.25, 0.3) is 0 Å². The minimum atomic E-state index is -0.267. The van der Waals surface area contributed by atoms with Crippen LogP contribution in [0.2, 0.25) is 0 Å². The van der Waals surface area contributed by atoms with Crippen LogP contribution in [0, 0.1) is 0 Å². The van der Waals surface area contributed by atoms with Crippen molar-refractivity contribution in [3.05, 3.63) is 54.1 Å². The van der Waals surface area contributed by atoms with Crippen LogP contribution in [-0.2, 0) is 4.79 Å². The molecular weight excluding hydrogens is 368 g/mol. The first-order valence-electron chi connectivity index (χ1n) is 9.86. The maximum absolute atomic E-state index is 12.4. The molecule has 0 bridgehead atoms. The molecule has 1 aliphatic heterocycles. The Morgan fingerprint density at radius 1 is 1.00 bits per heavy atom. The Balaban J connectivity index is 1.63. The van der Waals surface area contributed by atoms with Gasteiger partial charge in [0.25, 0.3) is 0 Å². The summed E-state index contributed by atoms with van der Waals surface area (Å²) in [6.07, 6.45) is 2.33. The number of ether oxygens (including phenoxy) is 1. The van der Waals surface area contributed by atoms with Crippen molar-refractivity contribution < 1.29 is 14.3 Å². The molecule has 0 saturated carbocycles. The number of nitrogens with one attached hydrogen (secondary N) is 3. The zero-order valence-electron chi connectivity index (χ0n) is 16.9. The van der Waals surface area contributed by atoms with Crippen molar-refractivity contribution in [2.75, 3.05) is 37.4 Å². The molecule has 1 saturated heterocycles. The van der Waals surface area contributed by atoms with Crippen LogP contribution >= 0.6 is 0 Å². The average Bonchev–Trinajstić information content (AvgIpc) is 3.24. The summed E-state index contributed by atoms with van der Waals surface area (Å²) < 4.78 is 5.54. The summed E-state index contributed by atoms with van der Waals surface area (Å²) in [4.78, 5) is 25.9. The van der Waals surface area contributed by atoms with Crippen LogP contribution in [0.1, 0.15) is 31.4 Å². The number of hydrogen-bond donors (Lipinski definition) is 3. The van der Waals surface area contributed by atoms with Crippen LogP contribution in [-0.4, -0.2) is 43.6 Å². The lowest BCUT2D eigenvalue weighted by Crippen LogP contribution is -2.38. The number of urea groups is 1. The normalized spacial score (nSPS) is 14.8. The lowest BCUT2D eigenvalue weighted by molar-refractivity contribution is -0.114. The van der Waals surface area contributed by atoms with E-state index in [0.29, 0.717) is 17.9 Å². The zero-order valence-corrected chi connectivity index (χ0v) is 16.9. The molecule has 29 heavy (non-hydrogen) atoms. The van der Waals surface area contributed by atoms with E-state index >= 15 is 0 Å². The highest BCUT2D eigenvalue weighted by Gasteiger charge is 2.26. The minimum Gasteiger partial charge on any atom is -0.496 e. The predicted molar refractivity (Wildman–Crippen MR) is 114 cm³/mol. The lowest BCUT2D eigenvalue weighted by atomic mass is 10.0. The second-order valence-corrected chi connectivity index (χ2v) is 7.09. The van der Waals surface area contributed by atoms with Crippen molar-refractivity contribution in [1.82, 2.24) is 10.2 Å². The molecule has 7 nitrogen and oxygen atoms in total. The summed E-state index contributed by atoms with van der Waals surface area (Å²) in [5.74, 6) is 0.702. The van der Waals surface area contributed by atoms with Gasteiger partial charge in [-0.2, -0.15) is 0 Å². The van der Waals surface area contributed by atoms with E-state index in [2.05, 4.69) is 26.9 Å². The van der Waals surface area contributed by atoms with Gasteiger partial charge in [0.2, 0.25) is 5.91 Å². The number of carbonyl (C=O) groups excluding carboxylic acids is 2. The maximum atomic E-state index is 12.4. The molecule has 154 valence electrons. The highest BCUT2D eigenvalue weighted by molar-refractivity contribution is 5.91. The molecule has 0 aliphatic carbocycles. The number of likely N-dealkylation sites (tertiary alicyclic amines) is 1. The molecule has 3 N–H and O–H groups in total. The first-order chi connectivity index (χ1) is 14.1. The minimum absolute atomic E-state index is 0.0570. The highest BCUT2D eigenvalue weighted by atomic mass is 16.5. The molecule has 0 spiro atoms. The van der Waals surface area contributed by atoms with E-state index in [1.807, 2.05) is 18.2 Å². The number of anilines is 2. The van der Waals surface area contributed by atoms with Crippen LogP contribution in [0.15, 0.2) is 48.5 Å². The number of benzene rings is 2. The monoisotopic (exact) mass is 396 g/mol. The Bertz CT molecular complexity index is 832. The van der Waals surface area contributed by atoms with Crippen molar-refractivity contribution in [2.24, 2.45) is 0 Å². The van der Waals surface area contributed by atoms with E-state index in [0.717, 1.165) is 24.4 Å². The second kappa shape index (κ2) is 9.93. The summed E-state index contributed by atoms with van der Waals surface area (Å²) in [6.45, 7) is 3.96. The number of rotatable bonds is 7. The predicted octanol–water partition coefficient (Wildman–Crippen LogP) is 3.61. The SMILES string of the molecule is COc1ccccc1C(CNC(=O)Nc1ccc(NC(C)=O)cc1)N1CCCC1. The Labute approximate surface area is 171 Å². The smallest absolute Gasteiger partial charge is 0.319 e. The maximum Gasteiger partial charge on any atom is 0.319 e. The van der Waals surface area contributed by atoms with Crippen LogP contribution < -0.4 is 20.7 Å². The molecule has 1 fully saturated rings. The fourth-order valence-corrected chi connectivity index (χ4v) is 3.64. The first-order valence-corrected chi connectivity index (χ1v) is 9.86. The number of hydrogen-bond acceptors (Lipinski definition) is 4. The number of methoxy groups -OCH3 is 1. The Hall–Kier alpha value is -3.06. The van der Waals surface area contributed by atoms with E-state index in [4.69, 9.17) is 4.74 Å². The molecule has 2 aromatic carbocycles. The Morgan fingerprint density at radius 2 is 1.62 bits per heavy atom. The van der Waals surface area contributed by atoms with Gasteiger partial charge in [0.05, 0.1) is 13.2 Å². The van der Waals surface area contributed by atoms with Gasteiger partial charge in [0, 0.05) is 30.4 Å². The van der Waals surface area contributed by atoms with Gasteiger partial charge in [0.1, 0.15) is 5.75 Å². The third kappa shape index (κ3) is 5.71. The summed E-state index contributed by atoms with van der Waals surface area (Å²) in [5.41, 5.74) is 2.43. The summed E-state index contributed by atoms with van der Waals surface area (Å²) in [7, 11) is 1.67.